The Kier molecular flexibility index (Phi) is 5.32. The molecule has 1 aliphatic rings. The van der Waals surface area contributed by atoms with Crippen molar-refractivity contribution in [1.82, 2.24) is 0 Å². The molecule has 5 aromatic rings. The average molecular weight is 490 g/mol. The van der Waals surface area contributed by atoms with Crippen molar-refractivity contribution >= 4 is 84.6 Å². The van der Waals surface area contributed by atoms with Crippen molar-refractivity contribution in [3.63, 3.8) is 0 Å². The molecule has 0 saturated heterocycles. The number of thiophene rings is 2. The van der Waals surface area contributed by atoms with Crippen LogP contribution in [-0.2, 0) is 6.54 Å². The van der Waals surface area contributed by atoms with Gasteiger partial charge in [0.15, 0.2) is 0 Å². The second-order valence-corrected chi connectivity index (χ2v) is 11.9. The van der Waals surface area contributed by atoms with Crippen LogP contribution in [0.5, 0.6) is 0 Å². The van der Waals surface area contributed by atoms with Crippen LogP contribution in [0.2, 0.25) is 0 Å². The molecule has 2 heterocycles. The highest BCUT2D eigenvalue weighted by Gasteiger charge is 2.24. The lowest BCUT2D eigenvalue weighted by Crippen LogP contribution is -2.28. The molecule has 172 valence electrons. The third-order valence-corrected chi connectivity index (χ3v) is 10.8. The second kappa shape index (κ2) is 8.18. The minimum Gasteiger partial charge on any atom is -0.296 e. The highest BCUT2D eigenvalue weighted by Crippen LogP contribution is 2.44. The van der Waals surface area contributed by atoms with E-state index in [0.29, 0.717) is 6.54 Å². The van der Waals surface area contributed by atoms with Crippen molar-refractivity contribution in [3.05, 3.63) is 73.0 Å². The Bertz CT molecular complexity index is 1850. The van der Waals surface area contributed by atoms with Gasteiger partial charge in [-0.15, -0.1) is 22.7 Å². The Morgan fingerprint density at radius 3 is 2.37 bits per heavy atom. The van der Waals surface area contributed by atoms with Crippen molar-refractivity contribution in [2.24, 2.45) is 4.99 Å². The fourth-order valence-corrected chi connectivity index (χ4v) is 8.83. The van der Waals surface area contributed by atoms with Gasteiger partial charge in [0.25, 0.3) is 0 Å². The predicted molar refractivity (Wildman–Crippen MR) is 159 cm³/mol. The van der Waals surface area contributed by atoms with E-state index >= 15 is 0 Å². The summed E-state index contributed by atoms with van der Waals surface area (Å²) in [5, 5.41) is 5.54. The van der Waals surface area contributed by atoms with Crippen LogP contribution in [0.15, 0.2) is 29.3 Å². The fourth-order valence-electron chi connectivity index (χ4n) is 6.09. The molecule has 0 N–H and O–H groups in total. The van der Waals surface area contributed by atoms with E-state index in [-0.39, 0.29) is 0 Å². The third kappa shape index (κ3) is 3.09. The van der Waals surface area contributed by atoms with E-state index in [1.54, 1.807) is 0 Å². The molecule has 0 unspecified atom stereocenters. The van der Waals surface area contributed by atoms with Crippen molar-refractivity contribution in [1.29, 1.82) is 0 Å². The molecule has 3 aromatic carbocycles. The van der Waals surface area contributed by atoms with Crippen molar-refractivity contribution in [2.45, 2.75) is 54.0 Å². The SMILES string of the molecule is [B]c1c(C2=c3sc4ccccc4c3=CCC2)c(C)c2c(sc3c(C)c(CN=C)c(C)c(C)c32)c1C. The smallest absolute Gasteiger partial charge is 0.115 e. The van der Waals surface area contributed by atoms with Crippen molar-refractivity contribution in [3.8, 4) is 0 Å². The number of hydrogen-bond acceptors (Lipinski definition) is 3. The van der Waals surface area contributed by atoms with Crippen LogP contribution < -0.4 is 15.2 Å². The lowest BCUT2D eigenvalue weighted by molar-refractivity contribution is 1.04. The second-order valence-electron chi connectivity index (χ2n) is 9.85. The maximum absolute atomic E-state index is 6.99. The molecular formula is C31H28BNS2. The summed E-state index contributed by atoms with van der Waals surface area (Å²) < 4.78 is 5.45. The van der Waals surface area contributed by atoms with Crippen LogP contribution >= 0.6 is 22.7 Å². The van der Waals surface area contributed by atoms with Gasteiger partial charge in [0.1, 0.15) is 7.85 Å². The van der Waals surface area contributed by atoms with Gasteiger partial charge in [0, 0.05) is 29.4 Å². The molecule has 35 heavy (non-hydrogen) atoms. The molecule has 0 bridgehead atoms. The number of nitrogens with zero attached hydrogens (tertiary/aromatic N) is 1. The summed E-state index contributed by atoms with van der Waals surface area (Å²) in [6.07, 6.45) is 4.50. The number of aryl methyl sites for hydroxylation is 4. The van der Waals surface area contributed by atoms with E-state index in [2.05, 4.69) is 76.7 Å². The molecular weight excluding hydrogens is 461 g/mol. The lowest BCUT2D eigenvalue weighted by Gasteiger charge is -2.20. The zero-order valence-corrected chi connectivity index (χ0v) is 22.7. The van der Waals surface area contributed by atoms with Gasteiger partial charge >= 0.3 is 0 Å². The lowest BCUT2D eigenvalue weighted by atomic mass is 9.77. The zero-order chi connectivity index (χ0) is 24.6. The summed E-state index contributed by atoms with van der Waals surface area (Å²) >= 11 is 3.81. The first-order valence-corrected chi connectivity index (χ1v) is 13.9. The summed E-state index contributed by atoms with van der Waals surface area (Å²) in [5.41, 5.74) is 11.5. The van der Waals surface area contributed by atoms with Crippen LogP contribution in [0.1, 0.15) is 51.8 Å². The minimum atomic E-state index is 0.664. The van der Waals surface area contributed by atoms with Gasteiger partial charge in [-0.2, -0.15) is 0 Å². The normalized spacial score (nSPS) is 13.6. The molecule has 0 saturated carbocycles. The zero-order valence-electron chi connectivity index (χ0n) is 21.1. The molecule has 0 amide bonds. The Balaban J connectivity index is 1.79. The number of aliphatic imine (C=N–C) groups is 1. The number of fused-ring (bicyclic) bond motifs is 6. The van der Waals surface area contributed by atoms with Gasteiger partial charge in [0.05, 0.1) is 6.54 Å². The standard InChI is InChI=1S/C31H28BNS2/c1-15-16(2)26-27-18(4)25(22-12-9-11-21-20-10-7-8-13-24(20)34-31(21)22)28(32)19(5)30(27)35-29(26)17(3)23(15)14-33-6/h7-8,10-11,13H,6,9,12,14H2,1-5H3. The Hall–Kier alpha value is -2.69. The van der Waals surface area contributed by atoms with E-state index in [9.17, 15) is 0 Å². The van der Waals surface area contributed by atoms with Crippen molar-refractivity contribution in [2.75, 3.05) is 0 Å². The maximum Gasteiger partial charge on any atom is 0.115 e. The fraction of sp³-hybridized carbons (Fsp3) is 0.258. The minimum absolute atomic E-state index is 0.664. The van der Waals surface area contributed by atoms with Gasteiger partial charge in [-0.05, 0) is 115 Å². The van der Waals surface area contributed by atoms with E-state index in [1.807, 2.05) is 22.7 Å². The van der Waals surface area contributed by atoms with Crippen molar-refractivity contribution < 1.29 is 0 Å². The maximum atomic E-state index is 6.99. The molecule has 0 fully saturated rings. The van der Waals surface area contributed by atoms with Gasteiger partial charge in [-0.3, -0.25) is 4.99 Å². The highest BCUT2D eigenvalue weighted by molar-refractivity contribution is 7.26. The first-order valence-electron chi connectivity index (χ1n) is 12.2. The molecule has 0 atom stereocenters. The molecule has 0 aliphatic heterocycles. The number of benzene rings is 3. The molecule has 1 aliphatic carbocycles. The quantitative estimate of drug-likeness (QED) is 0.201. The summed E-state index contributed by atoms with van der Waals surface area (Å²) in [4.78, 5) is 4.22. The Morgan fingerprint density at radius 1 is 0.886 bits per heavy atom. The van der Waals surface area contributed by atoms with Gasteiger partial charge in [-0.25, -0.2) is 0 Å². The first-order chi connectivity index (χ1) is 16.8. The topological polar surface area (TPSA) is 12.4 Å². The number of hydrogen-bond donors (Lipinski definition) is 0. The van der Waals surface area contributed by atoms with Crippen LogP contribution in [-0.4, -0.2) is 14.6 Å². The monoisotopic (exact) mass is 489 g/mol. The molecule has 2 aromatic heterocycles. The van der Waals surface area contributed by atoms with Crippen LogP contribution in [0.4, 0.5) is 0 Å². The first kappa shape index (κ1) is 22.8. The molecule has 2 radical (unpaired) electrons. The Labute approximate surface area is 215 Å². The Morgan fingerprint density at radius 2 is 1.60 bits per heavy atom. The summed E-state index contributed by atoms with van der Waals surface area (Å²) in [5.74, 6) is 0. The van der Waals surface area contributed by atoms with Gasteiger partial charge in [0.2, 0.25) is 0 Å². The average Bonchev–Trinajstić information content (AvgIpc) is 3.44. The molecule has 0 spiro atoms. The molecule has 6 rings (SSSR count). The summed E-state index contributed by atoms with van der Waals surface area (Å²) in [6, 6.07) is 8.78. The van der Waals surface area contributed by atoms with E-state index in [1.165, 1.54) is 84.5 Å². The van der Waals surface area contributed by atoms with Gasteiger partial charge in [-0.1, -0.05) is 29.7 Å². The van der Waals surface area contributed by atoms with Crippen LogP contribution in [0.3, 0.4) is 0 Å². The highest BCUT2D eigenvalue weighted by atomic mass is 32.1. The van der Waals surface area contributed by atoms with Crippen LogP contribution in [0.25, 0.3) is 41.9 Å². The predicted octanol–water partition coefficient (Wildman–Crippen LogP) is 6.58. The summed E-state index contributed by atoms with van der Waals surface area (Å²) in [6.45, 7) is 15.7. The molecule has 4 heteroatoms. The summed E-state index contributed by atoms with van der Waals surface area (Å²) in [7, 11) is 6.99. The third-order valence-electron chi connectivity index (χ3n) is 8.08. The van der Waals surface area contributed by atoms with E-state index in [4.69, 9.17) is 7.85 Å². The van der Waals surface area contributed by atoms with Gasteiger partial charge < -0.3 is 0 Å². The van der Waals surface area contributed by atoms with E-state index < -0.39 is 0 Å². The number of rotatable bonds is 3. The van der Waals surface area contributed by atoms with E-state index in [0.717, 1.165) is 18.3 Å². The largest absolute Gasteiger partial charge is 0.296 e. The molecule has 1 nitrogen and oxygen atoms in total. The van der Waals surface area contributed by atoms with Crippen LogP contribution in [0, 0.1) is 34.6 Å².